The van der Waals surface area contributed by atoms with E-state index in [0.717, 1.165) is 56.6 Å². The van der Waals surface area contributed by atoms with Crippen molar-refractivity contribution in [3.63, 3.8) is 0 Å². The molecular weight excluding hydrogens is 308 g/mol. The molecule has 1 unspecified atom stereocenters. The molecule has 1 saturated heterocycles. The van der Waals surface area contributed by atoms with Gasteiger partial charge in [-0.1, -0.05) is 0 Å². The fourth-order valence-electron chi connectivity index (χ4n) is 3.73. The lowest BCUT2D eigenvalue weighted by atomic mass is 9.99. The molecule has 1 aromatic heterocycles. The van der Waals surface area contributed by atoms with Gasteiger partial charge >= 0.3 is 0 Å². The number of nitrogens with zero attached hydrogens (tertiary/aromatic N) is 1. The first-order valence-corrected chi connectivity index (χ1v) is 9.84. The van der Waals surface area contributed by atoms with Gasteiger partial charge in [0.2, 0.25) is 0 Å². The van der Waals surface area contributed by atoms with E-state index >= 15 is 0 Å². The first-order valence-electron chi connectivity index (χ1n) is 9.02. The Balaban J connectivity index is 1.35. The molecule has 2 N–H and O–H groups in total. The number of carbonyl (C=O) groups is 1. The van der Waals surface area contributed by atoms with Crippen LogP contribution in [0.1, 0.15) is 58.6 Å². The Bertz CT molecular complexity index is 506. The predicted molar refractivity (Wildman–Crippen MR) is 94.2 cm³/mol. The zero-order valence-electron chi connectivity index (χ0n) is 13.9. The molecule has 0 aromatic carbocycles. The lowest BCUT2D eigenvalue weighted by molar-refractivity contribution is 0.0956. The summed E-state index contributed by atoms with van der Waals surface area (Å²) < 4.78 is 0. The van der Waals surface area contributed by atoms with Gasteiger partial charge in [0.25, 0.3) is 5.91 Å². The number of rotatable bonds is 7. The summed E-state index contributed by atoms with van der Waals surface area (Å²) in [6, 6.07) is 2.46. The van der Waals surface area contributed by atoms with Gasteiger partial charge in [-0.25, -0.2) is 0 Å². The van der Waals surface area contributed by atoms with Crippen LogP contribution < -0.4 is 5.32 Å². The van der Waals surface area contributed by atoms with E-state index in [1.807, 2.05) is 0 Å². The van der Waals surface area contributed by atoms with E-state index in [1.54, 1.807) is 11.3 Å². The Morgan fingerprint density at radius 2 is 2.17 bits per heavy atom. The van der Waals surface area contributed by atoms with Crippen molar-refractivity contribution >= 4 is 17.2 Å². The van der Waals surface area contributed by atoms with E-state index in [2.05, 4.69) is 16.3 Å². The molecule has 2 aliphatic rings. The van der Waals surface area contributed by atoms with Crippen LogP contribution in [0.5, 0.6) is 0 Å². The number of amides is 1. The summed E-state index contributed by atoms with van der Waals surface area (Å²) in [5.41, 5.74) is 1.40. The van der Waals surface area contributed by atoms with Gasteiger partial charge in [0.15, 0.2) is 0 Å². The van der Waals surface area contributed by atoms with Gasteiger partial charge in [-0.05, 0) is 76.1 Å². The van der Waals surface area contributed by atoms with Crippen molar-refractivity contribution in [1.82, 2.24) is 10.2 Å². The molecule has 0 bridgehead atoms. The number of hydrogen-bond donors (Lipinski definition) is 2. The maximum atomic E-state index is 12.2. The molecule has 3 rings (SSSR count). The maximum absolute atomic E-state index is 12.2. The minimum absolute atomic E-state index is 0.0961. The summed E-state index contributed by atoms with van der Waals surface area (Å²) in [6.07, 6.45) is 9.22. The molecule has 1 amide bonds. The number of nitrogens with one attached hydrogen (secondary N) is 1. The lowest BCUT2D eigenvalue weighted by Gasteiger charge is -2.22. The first-order chi connectivity index (χ1) is 11.3. The van der Waals surface area contributed by atoms with E-state index in [1.165, 1.54) is 29.7 Å². The summed E-state index contributed by atoms with van der Waals surface area (Å²) in [4.78, 5) is 16.9. The van der Waals surface area contributed by atoms with Gasteiger partial charge in [0.05, 0.1) is 11.5 Å². The Kier molecular flexibility index (Phi) is 6.08. The molecule has 1 fully saturated rings. The maximum Gasteiger partial charge on any atom is 0.261 e. The number of thiophene rings is 1. The van der Waals surface area contributed by atoms with Crippen LogP contribution in [-0.2, 0) is 12.8 Å². The van der Waals surface area contributed by atoms with Crippen molar-refractivity contribution < 1.29 is 9.90 Å². The van der Waals surface area contributed by atoms with Crippen LogP contribution in [0.15, 0.2) is 6.07 Å². The molecule has 0 radical (unpaired) electrons. The number of aryl methyl sites for hydroxylation is 2. The lowest BCUT2D eigenvalue weighted by Crippen LogP contribution is -2.33. The normalized spacial score (nSPS) is 21.3. The highest BCUT2D eigenvalue weighted by Crippen LogP contribution is 2.29. The first kappa shape index (κ1) is 16.9. The Labute approximate surface area is 142 Å². The zero-order chi connectivity index (χ0) is 16.1. The molecule has 1 atom stereocenters. The number of fused-ring (bicyclic) bond motifs is 1. The Morgan fingerprint density at radius 1 is 1.30 bits per heavy atom. The van der Waals surface area contributed by atoms with Crippen molar-refractivity contribution in [2.24, 2.45) is 0 Å². The predicted octanol–water partition coefficient (Wildman–Crippen LogP) is 2.59. The van der Waals surface area contributed by atoms with Crippen molar-refractivity contribution in [3.05, 3.63) is 21.4 Å². The van der Waals surface area contributed by atoms with Crippen LogP contribution in [0.3, 0.4) is 0 Å². The monoisotopic (exact) mass is 336 g/mol. The second-order valence-electron chi connectivity index (χ2n) is 6.74. The fraction of sp³-hybridized carbons (Fsp3) is 0.722. The average molecular weight is 337 g/mol. The molecular formula is C18H28N2O2S. The quantitative estimate of drug-likeness (QED) is 0.753. The highest BCUT2D eigenvalue weighted by molar-refractivity contribution is 7.14. The standard InChI is InChI=1S/C18H28N2O2S/c21-13-15-7-5-11-20(15)10-4-3-9-19-18(22)17-12-14-6-1-2-8-16(14)23-17/h12,15,21H,1-11,13H2,(H,19,22). The summed E-state index contributed by atoms with van der Waals surface area (Å²) in [6.45, 7) is 3.17. The van der Waals surface area contributed by atoms with Crippen molar-refractivity contribution in [2.45, 2.75) is 57.4 Å². The van der Waals surface area contributed by atoms with Gasteiger partial charge in [-0.15, -0.1) is 11.3 Å². The van der Waals surface area contributed by atoms with Crippen LogP contribution in [0, 0.1) is 0 Å². The van der Waals surface area contributed by atoms with Crippen molar-refractivity contribution in [3.8, 4) is 0 Å². The molecule has 1 aliphatic heterocycles. The van der Waals surface area contributed by atoms with Crippen LogP contribution >= 0.6 is 11.3 Å². The van der Waals surface area contributed by atoms with E-state index in [0.29, 0.717) is 6.04 Å². The van der Waals surface area contributed by atoms with Gasteiger partial charge in [-0.2, -0.15) is 0 Å². The third kappa shape index (κ3) is 4.34. The largest absolute Gasteiger partial charge is 0.395 e. The van der Waals surface area contributed by atoms with Gasteiger partial charge in [0.1, 0.15) is 0 Å². The molecule has 0 spiro atoms. The van der Waals surface area contributed by atoms with E-state index in [-0.39, 0.29) is 12.5 Å². The third-order valence-electron chi connectivity index (χ3n) is 5.09. The van der Waals surface area contributed by atoms with E-state index in [9.17, 15) is 9.90 Å². The molecule has 1 aromatic rings. The summed E-state index contributed by atoms with van der Waals surface area (Å²) in [5, 5.41) is 12.4. The summed E-state index contributed by atoms with van der Waals surface area (Å²) in [5.74, 6) is 0.0961. The second kappa shape index (κ2) is 8.27. The SMILES string of the molecule is O=C(NCCCCN1CCCC1CO)c1cc2c(s1)CCCC2. The number of aliphatic hydroxyl groups excluding tert-OH is 1. The Hall–Kier alpha value is -0.910. The highest BCUT2D eigenvalue weighted by Gasteiger charge is 2.22. The van der Waals surface area contributed by atoms with Crippen LogP contribution in [0.25, 0.3) is 0 Å². The molecule has 23 heavy (non-hydrogen) atoms. The topological polar surface area (TPSA) is 52.6 Å². The van der Waals surface area contributed by atoms with Crippen molar-refractivity contribution in [2.75, 3.05) is 26.2 Å². The summed E-state index contributed by atoms with van der Waals surface area (Å²) >= 11 is 1.68. The van der Waals surface area contributed by atoms with Crippen molar-refractivity contribution in [1.29, 1.82) is 0 Å². The molecule has 1 aliphatic carbocycles. The fourth-order valence-corrected chi connectivity index (χ4v) is 4.90. The van der Waals surface area contributed by atoms with Gasteiger partial charge in [0, 0.05) is 17.5 Å². The highest BCUT2D eigenvalue weighted by atomic mass is 32.1. The minimum Gasteiger partial charge on any atom is -0.395 e. The number of unbranched alkanes of at least 4 members (excludes halogenated alkanes) is 1. The van der Waals surface area contributed by atoms with E-state index < -0.39 is 0 Å². The Morgan fingerprint density at radius 3 is 3.00 bits per heavy atom. The number of likely N-dealkylation sites (tertiary alicyclic amines) is 1. The number of aliphatic hydroxyl groups is 1. The van der Waals surface area contributed by atoms with E-state index in [4.69, 9.17) is 0 Å². The molecule has 0 saturated carbocycles. The molecule has 2 heterocycles. The van der Waals surface area contributed by atoms with Crippen LogP contribution in [0.4, 0.5) is 0 Å². The second-order valence-corrected chi connectivity index (χ2v) is 7.88. The van der Waals surface area contributed by atoms with Gasteiger partial charge in [-0.3, -0.25) is 9.69 Å². The van der Waals surface area contributed by atoms with Crippen LogP contribution in [-0.4, -0.2) is 48.2 Å². The molecule has 5 heteroatoms. The average Bonchev–Trinajstić information content (AvgIpc) is 3.20. The third-order valence-corrected chi connectivity index (χ3v) is 6.32. The number of carbonyl (C=O) groups excluding carboxylic acids is 1. The number of hydrogen-bond acceptors (Lipinski definition) is 4. The summed E-state index contributed by atoms with van der Waals surface area (Å²) in [7, 11) is 0. The zero-order valence-corrected chi connectivity index (χ0v) is 14.7. The molecule has 4 nitrogen and oxygen atoms in total. The van der Waals surface area contributed by atoms with Crippen LogP contribution in [0.2, 0.25) is 0 Å². The smallest absolute Gasteiger partial charge is 0.261 e. The minimum atomic E-state index is 0.0961. The van der Waals surface area contributed by atoms with Gasteiger partial charge < -0.3 is 10.4 Å². The molecule has 128 valence electrons.